The predicted octanol–water partition coefficient (Wildman–Crippen LogP) is 4.30. The van der Waals surface area contributed by atoms with E-state index in [1.165, 1.54) is 23.9 Å². The Hall–Kier alpha value is -3.20. The molecule has 1 atom stereocenters. The van der Waals surface area contributed by atoms with E-state index in [9.17, 15) is 14.0 Å². The third-order valence-electron chi connectivity index (χ3n) is 4.81. The van der Waals surface area contributed by atoms with Crippen LogP contribution in [0.3, 0.4) is 0 Å². The van der Waals surface area contributed by atoms with Gasteiger partial charge in [-0.15, -0.1) is 10.2 Å². The summed E-state index contributed by atoms with van der Waals surface area (Å²) in [5, 5.41) is 14.7. The van der Waals surface area contributed by atoms with Gasteiger partial charge in [0.15, 0.2) is 11.0 Å². The van der Waals surface area contributed by atoms with Gasteiger partial charge >= 0.3 is 0 Å². The highest BCUT2D eigenvalue weighted by Crippen LogP contribution is 2.26. The molecule has 2 N–H and O–H groups in total. The maximum Gasteiger partial charge on any atom is 0.251 e. The van der Waals surface area contributed by atoms with Crippen LogP contribution >= 0.6 is 11.8 Å². The van der Waals surface area contributed by atoms with E-state index in [0.717, 1.165) is 0 Å². The van der Waals surface area contributed by atoms with Gasteiger partial charge in [-0.25, -0.2) is 4.39 Å². The van der Waals surface area contributed by atoms with Crippen molar-refractivity contribution in [2.24, 2.45) is 5.92 Å². The summed E-state index contributed by atoms with van der Waals surface area (Å²) < 4.78 is 15.6. The monoisotopic (exact) mass is 455 g/mol. The first-order valence-electron chi connectivity index (χ1n) is 10.4. The number of nitrogens with one attached hydrogen (secondary N) is 2. The highest BCUT2D eigenvalue weighted by Gasteiger charge is 2.26. The van der Waals surface area contributed by atoms with Crippen molar-refractivity contribution in [3.8, 4) is 0 Å². The van der Waals surface area contributed by atoms with Crippen LogP contribution in [0, 0.1) is 11.7 Å². The summed E-state index contributed by atoms with van der Waals surface area (Å²) in [6.07, 6.45) is 0. The average molecular weight is 456 g/mol. The molecule has 0 fully saturated rings. The second kappa shape index (κ2) is 10.9. The number of hydrogen-bond acceptors (Lipinski definition) is 5. The molecule has 0 spiro atoms. The fourth-order valence-electron chi connectivity index (χ4n) is 3.16. The van der Waals surface area contributed by atoms with E-state index in [2.05, 4.69) is 20.8 Å². The second-order valence-corrected chi connectivity index (χ2v) is 8.41. The van der Waals surface area contributed by atoms with E-state index in [1.54, 1.807) is 24.3 Å². The number of para-hydroxylation sites is 1. The molecule has 0 saturated heterocycles. The van der Waals surface area contributed by atoms with Gasteiger partial charge in [0, 0.05) is 12.1 Å². The lowest BCUT2D eigenvalue weighted by molar-refractivity contribution is -0.113. The normalized spacial score (nSPS) is 11.9. The molecule has 0 aliphatic heterocycles. The van der Waals surface area contributed by atoms with E-state index in [0.29, 0.717) is 23.1 Å². The molecule has 2 aromatic carbocycles. The van der Waals surface area contributed by atoms with Crippen LogP contribution < -0.4 is 10.6 Å². The highest BCUT2D eigenvalue weighted by molar-refractivity contribution is 7.99. The van der Waals surface area contributed by atoms with Crippen molar-refractivity contribution in [3.05, 3.63) is 71.8 Å². The van der Waals surface area contributed by atoms with E-state index in [-0.39, 0.29) is 35.2 Å². The molecule has 32 heavy (non-hydrogen) atoms. The van der Waals surface area contributed by atoms with Crippen LogP contribution in [0.2, 0.25) is 0 Å². The standard InChI is InChI=1S/C23H26FN5O2S/c1-4-29-21(20(15(2)3)26-22(31)16-10-6-5-7-11-16)27-28-23(29)32-14-19(30)25-18-13-9-8-12-17(18)24/h5-13,15,20H,4,14H2,1-3H3,(H,25,30)(H,26,31)/t20-/m1/s1. The van der Waals surface area contributed by atoms with E-state index < -0.39 is 5.82 Å². The number of rotatable bonds is 9. The fourth-order valence-corrected chi connectivity index (χ4v) is 3.97. The number of anilines is 1. The Balaban J connectivity index is 1.71. The molecule has 0 unspecified atom stereocenters. The zero-order valence-electron chi connectivity index (χ0n) is 18.2. The molecular formula is C23H26FN5O2S. The third kappa shape index (κ3) is 5.73. The third-order valence-corrected chi connectivity index (χ3v) is 5.78. The molecule has 0 aliphatic carbocycles. The Labute approximate surface area is 190 Å². The summed E-state index contributed by atoms with van der Waals surface area (Å²) in [5.41, 5.74) is 0.708. The van der Waals surface area contributed by atoms with Crippen LogP contribution in [-0.2, 0) is 11.3 Å². The van der Waals surface area contributed by atoms with Crippen LogP contribution in [0.4, 0.5) is 10.1 Å². The Morgan fingerprint density at radius 1 is 1.06 bits per heavy atom. The zero-order chi connectivity index (χ0) is 23.1. The van der Waals surface area contributed by atoms with Crippen molar-refractivity contribution >= 4 is 29.3 Å². The molecule has 1 heterocycles. The predicted molar refractivity (Wildman–Crippen MR) is 123 cm³/mol. The Bertz CT molecular complexity index is 1070. The maximum absolute atomic E-state index is 13.7. The molecule has 0 bridgehead atoms. The van der Waals surface area contributed by atoms with Crippen molar-refractivity contribution in [2.75, 3.05) is 11.1 Å². The fraction of sp³-hybridized carbons (Fsp3) is 0.304. The van der Waals surface area contributed by atoms with Crippen LogP contribution in [0.1, 0.15) is 43.0 Å². The van der Waals surface area contributed by atoms with Crippen molar-refractivity contribution < 1.29 is 14.0 Å². The molecular weight excluding hydrogens is 429 g/mol. The first kappa shape index (κ1) is 23.5. The number of aromatic nitrogens is 3. The SMILES string of the molecule is CCn1c(SCC(=O)Nc2ccccc2F)nnc1[C@H](NC(=O)c1ccccc1)C(C)C. The molecule has 0 saturated carbocycles. The number of nitrogens with zero attached hydrogens (tertiary/aromatic N) is 3. The molecule has 0 aliphatic rings. The van der Waals surface area contributed by atoms with Crippen LogP contribution in [0.25, 0.3) is 0 Å². The van der Waals surface area contributed by atoms with Gasteiger partial charge in [-0.2, -0.15) is 0 Å². The number of amides is 2. The second-order valence-electron chi connectivity index (χ2n) is 7.46. The van der Waals surface area contributed by atoms with E-state index in [1.807, 2.05) is 43.5 Å². The van der Waals surface area contributed by atoms with Gasteiger partial charge in [-0.05, 0) is 37.1 Å². The van der Waals surface area contributed by atoms with E-state index >= 15 is 0 Å². The minimum atomic E-state index is -0.487. The van der Waals surface area contributed by atoms with Crippen LogP contribution in [-0.4, -0.2) is 32.3 Å². The smallest absolute Gasteiger partial charge is 0.251 e. The number of halogens is 1. The topological polar surface area (TPSA) is 88.9 Å². The van der Waals surface area contributed by atoms with Crippen molar-refractivity contribution in [1.29, 1.82) is 0 Å². The van der Waals surface area contributed by atoms with Crippen molar-refractivity contribution in [1.82, 2.24) is 20.1 Å². The molecule has 168 valence electrons. The quantitative estimate of drug-likeness (QED) is 0.470. The lowest BCUT2D eigenvalue weighted by Gasteiger charge is -2.22. The van der Waals surface area contributed by atoms with Gasteiger partial charge in [0.1, 0.15) is 5.82 Å². The highest BCUT2D eigenvalue weighted by atomic mass is 32.2. The molecule has 9 heteroatoms. The average Bonchev–Trinajstić information content (AvgIpc) is 3.20. The van der Waals surface area contributed by atoms with Gasteiger partial charge in [-0.3, -0.25) is 9.59 Å². The first-order chi connectivity index (χ1) is 15.4. The van der Waals surface area contributed by atoms with E-state index in [4.69, 9.17) is 0 Å². The molecule has 3 rings (SSSR count). The first-order valence-corrected chi connectivity index (χ1v) is 11.4. The molecule has 3 aromatic rings. The molecule has 1 aromatic heterocycles. The molecule has 7 nitrogen and oxygen atoms in total. The summed E-state index contributed by atoms with van der Waals surface area (Å²) in [7, 11) is 0. The lowest BCUT2D eigenvalue weighted by Crippen LogP contribution is -2.33. The summed E-state index contributed by atoms with van der Waals surface area (Å²) in [6.45, 7) is 6.52. The Morgan fingerprint density at radius 3 is 2.41 bits per heavy atom. The summed E-state index contributed by atoms with van der Waals surface area (Å²) >= 11 is 1.21. The minimum absolute atomic E-state index is 0.0508. The number of carbonyl (C=O) groups is 2. The van der Waals surface area contributed by atoms with Gasteiger partial charge in [-0.1, -0.05) is 55.9 Å². The Kier molecular flexibility index (Phi) is 7.99. The largest absolute Gasteiger partial charge is 0.342 e. The lowest BCUT2D eigenvalue weighted by atomic mass is 10.0. The Morgan fingerprint density at radius 2 is 1.75 bits per heavy atom. The summed E-state index contributed by atoms with van der Waals surface area (Å²) in [6, 6.07) is 14.7. The van der Waals surface area contributed by atoms with Crippen LogP contribution in [0.5, 0.6) is 0 Å². The van der Waals surface area contributed by atoms with Gasteiger partial charge < -0.3 is 15.2 Å². The maximum atomic E-state index is 13.7. The number of carbonyl (C=O) groups excluding carboxylic acids is 2. The molecule has 0 radical (unpaired) electrons. The zero-order valence-corrected chi connectivity index (χ0v) is 19.0. The number of benzene rings is 2. The van der Waals surface area contributed by atoms with Gasteiger partial charge in [0.2, 0.25) is 5.91 Å². The van der Waals surface area contributed by atoms with Crippen LogP contribution in [0.15, 0.2) is 59.8 Å². The number of hydrogen-bond donors (Lipinski definition) is 2. The van der Waals surface area contributed by atoms with Gasteiger partial charge in [0.25, 0.3) is 5.91 Å². The van der Waals surface area contributed by atoms with Crippen molar-refractivity contribution in [2.45, 2.75) is 38.5 Å². The van der Waals surface area contributed by atoms with Gasteiger partial charge in [0.05, 0.1) is 17.5 Å². The minimum Gasteiger partial charge on any atom is -0.342 e. The van der Waals surface area contributed by atoms with Crippen molar-refractivity contribution in [3.63, 3.8) is 0 Å². The molecule has 2 amide bonds. The summed E-state index contributed by atoms with van der Waals surface area (Å²) in [5.74, 6) is -0.268. The summed E-state index contributed by atoms with van der Waals surface area (Å²) in [4.78, 5) is 25.0. The number of thioether (sulfide) groups is 1.